The number of carbonyl (C=O) groups excluding carboxylic acids is 1. The Morgan fingerprint density at radius 3 is 2.14 bits per heavy atom. The number of rotatable bonds is 10. The van der Waals surface area contributed by atoms with Gasteiger partial charge in [-0.2, -0.15) is 23.1 Å². The maximum Gasteiger partial charge on any atom is 0.422 e. The summed E-state index contributed by atoms with van der Waals surface area (Å²) in [7, 11) is 2.72. The molecule has 0 N–H and O–H groups in total. The largest absolute Gasteiger partial charge is 0.481 e. The fourth-order valence-electron chi connectivity index (χ4n) is 7.08. The Balaban J connectivity index is 0.00000270. The van der Waals surface area contributed by atoms with Crippen LogP contribution in [0.25, 0.3) is 0 Å². The molecule has 3 aliphatic heterocycles. The first-order valence-electron chi connectivity index (χ1n) is 15.9. The van der Waals surface area contributed by atoms with Crippen LogP contribution in [0.15, 0.2) is 60.7 Å². The molecule has 4 heterocycles. The van der Waals surface area contributed by atoms with Crippen molar-refractivity contribution >= 4 is 30.7 Å². The Labute approximate surface area is 296 Å². The van der Waals surface area contributed by atoms with Gasteiger partial charge in [0.25, 0.3) is 5.91 Å². The first kappa shape index (κ1) is 38.4. The van der Waals surface area contributed by atoms with Gasteiger partial charge in [0.1, 0.15) is 6.10 Å². The van der Waals surface area contributed by atoms with Crippen molar-refractivity contribution in [3.8, 4) is 17.8 Å². The third-order valence-electron chi connectivity index (χ3n) is 9.13. The van der Waals surface area contributed by atoms with Crippen LogP contribution in [0.4, 0.5) is 13.2 Å². The first-order valence-corrected chi connectivity index (χ1v) is 15.9. The van der Waals surface area contributed by atoms with Crippen LogP contribution >= 0.6 is 24.8 Å². The summed E-state index contributed by atoms with van der Waals surface area (Å²) in [5, 5.41) is 0. The van der Waals surface area contributed by atoms with E-state index in [9.17, 15) is 18.0 Å². The molecule has 3 aromatic rings. The highest BCUT2D eigenvalue weighted by Gasteiger charge is 2.44. The molecular formula is C34H42Cl2F3N5O5. The summed E-state index contributed by atoms with van der Waals surface area (Å²) in [6, 6.07) is 20.4. The van der Waals surface area contributed by atoms with E-state index in [1.165, 1.54) is 14.2 Å². The minimum Gasteiger partial charge on any atom is -0.481 e. The average Bonchev–Trinajstić information content (AvgIpc) is 3.63. The van der Waals surface area contributed by atoms with Gasteiger partial charge in [-0.15, -0.1) is 24.8 Å². The molecule has 0 aliphatic carbocycles. The number of benzene rings is 2. The minimum atomic E-state index is -4.57. The average molecular weight is 729 g/mol. The van der Waals surface area contributed by atoms with Gasteiger partial charge >= 0.3 is 12.2 Å². The second-order valence-corrected chi connectivity index (χ2v) is 12.1. The number of methoxy groups -OCH3 is 2. The lowest BCUT2D eigenvalue weighted by Crippen LogP contribution is -2.67. The maximum atomic E-state index is 13.5. The van der Waals surface area contributed by atoms with Crippen molar-refractivity contribution in [3.63, 3.8) is 0 Å². The number of ether oxygens (including phenoxy) is 4. The van der Waals surface area contributed by atoms with Crippen molar-refractivity contribution in [1.29, 1.82) is 0 Å². The lowest BCUT2D eigenvalue weighted by Gasteiger charge is -2.53. The summed E-state index contributed by atoms with van der Waals surface area (Å²) in [6.07, 6.45) is -3.39. The molecule has 0 bridgehead atoms. The van der Waals surface area contributed by atoms with Crippen LogP contribution in [-0.2, 0) is 16.1 Å². The van der Waals surface area contributed by atoms with Crippen molar-refractivity contribution in [1.82, 2.24) is 24.7 Å². The van der Waals surface area contributed by atoms with Gasteiger partial charge in [-0.05, 0) is 24.0 Å². The van der Waals surface area contributed by atoms with Gasteiger partial charge in [-0.25, -0.2) is 0 Å². The van der Waals surface area contributed by atoms with E-state index in [0.717, 1.165) is 24.0 Å². The minimum absolute atomic E-state index is 0. The Morgan fingerprint density at radius 1 is 0.918 bits per heavy atom. The number of alkyl halides is 3. The molecule has 49 heavy (non-hydrogen) atoms. The summed E-state index contributed by atoms with van der Waals surface area (Å²) in [5.41, 5.74) is 2.60. The van der Waals surface area contributed by atoms with Crippen LogP contribution in [0, 0.1) is 0 Å². The number of nitrogens with zero attached hydrogens (tertiary/aromatic N) is 5. The molecule has 0 spiro atoms. The van der Waals surface area contributed by atoms with Crippen molar-refractivity contribution in [3.05, 3.63) is 77.4 Å². The molecule has 2 aromatic carbocycles. The van der Waals surface area contributed by atoms with Crippen molar-refractivity contribution < 1.29 is 36.9 Å². The topological polar surface area (TPSA) is 89.5 Å². The number of fused-ring (bicyclic) bond motifs is 1. The molecular weight excluding hydrogens is 686 g/mol. The van der Waals surface area contributed by atoms with Crippen LogP contribution in [0.1, 0.15) is 35.4 Å². The van der Waals surface area contributed by atoms with E-state index in [1.807, 2.05) is 41.3 Å². The highest BCUT2D eigenvalue weighted by Crippen LogP contribution is 2.38. The molecule has 3 saturated heterocycles. The number of piperazine rings is 2. The summed E-state index contributed by atoms with van der Waals surface area (Å²) < 4.78 is 61.4. The fourth-order valence-corrected chi connectivity index (χ4v) is 7.08. The summed E-state index contributed by atoms with van der Waals surface area (Å²) in [6.45, 7) is 2.16. The number of hydrogen-bond donors (Lipinski definition) is 0. The second-order valence-electron chi connectivity index (χ2n) is 12.1. The highest BCUT2D eigenvalue weighted by atomic mass is 35.5. The maximum absolute atomic E-state index is 13.5. The number of aromatic nitrogens is 2. The molecule has 268 valence electrons. The van der Waals surface area contributed by atoms with E-state index in [1.54, 1.807) is 0 Å². The van der Waals surface area contributed by atoms with Gasteiger partial charge < -0.3 is 23.8 Å². The van der Waals surface area contributed by atoms with E-state index in [2.05, 4.69) is 44.0 Å². The van der Waals surface area contributed by atoms with E-state index in [-0.39, 0.29) is 73.0 Å². The third kappa shape index (κ3) is 9.06. The second kappa shape index (κ2) is 17.0. The van der Waals surface area contributed by atoms with Crippen molar-refractivity contribution in [2.75, 3.05) is 60.2 Å². The number of halogens is 5. The van der Waals surface area contributed by atoms with E-state index >= 15 is 0 Å². The fraction of sp³-hybridized carbons (Fsp3) is 0.500. The first-order chi connectivity index (χ1) is 22.7. The molecule has 0 radical (unpaired) electrons. The van der Waals surface area contributed by atoms with E-state index in [4.69, 9.17) is 18.9 Å². The Kier molecular flexibility index (Phi) is 13.4. The molecule has 3 aliphatic rings. The predicted molar refractivity (Wildman–Crippen MR) is 181 cm³/mol. The molecule has 6 rings (SSSR count). The van der Waals surface area contributed by atoms with Gasteiger partial charge in [0, 0.05) is 63.9 Å². The van der Waals surface area contributed by atoms with E-state index < -0.39 is 18.9 Å². The van der Waals surface area contributed by atoms with Crippen LogP contribution in [-0.4, -0.2) is 115 Å². The zero-order valence-electron chi connectivity index (χ0n) is 27.4. The van der Waals surface area contributed by atoms with Gasteiger partial charge in [-0.3, -0.25) is 14.6 Å². The normalized spacial score (nSPS) is 21.3. The number of hydrogen-bond acceptors (Lipinski definition) is 9. The SMILES string of the molecule is COc1nc(OC)c(CN2C[C@@H]3CN(C(=O)[C@H]4CCCO4)CCN3[C@H](C(c3ccccc3)c3ccccc3)C2)c(OCC(F)(F)F)n1.Cl.Cl. The van der Waals surface area contributed by atoms with Gasteiger partial charge in [0.2, 0.25) is 11.8 Å². The molecule has 3 atom stereocenters. The monoisotopic (exact) mass is 727 g/mol. The molecule has 10 nitrogen and oxygen atoms in total. The lowest BCUT2D eigenvalue weighted by molar-refractivity contribution is -0.154. The highest BCUT2D eigenvalue weighted by molar-refractivity contribution is 5.85. The van der Waals surface area contributed by atoms with Gasteiger partial charge in [0.15, 0.2) is 6.61 Å². The Bertz CT molecular complexity index is 1470. The zero-order valence-corrected chi connectivity index (χ0v) is 29.0. The lowest BCUT2D eigenvalue weighted by atomic mass is 9.81. The summed E-state index contributed by atoms with van der Waals surface area (Å²) >= 11 is 0. The molecule has 3 fully saturated rings. The molecule has 1 aromatic heterocycles. The Hall–Kier alpha value is -3.36. The van der Waals surface area contributed by atoms with Crippen LogP contribution in [0.3, 0.4) is 0 Å². The van der Waals surface area contributed by atoms with Gasteiger partial charge in [-0.1, -0.05) is 60.7 Å². The van der Waals surface area contributed by atoms with Gasteiger partial charge in [0.05, 0.1) is 19.8 Å². The van der Waals surface area contributed by atoms with E-state index in [0.29, 0.717) is 44.9 Å². The number of carbonyl (C=O) groups is 1. The molecule has 0 saturated carbocycles. The predicted octanol–water partition coefficient (Wildman–Crippen LogP) is 4.99. The van der Waals surface area contributed by atoms with Crippen LogP contribution < -0.4 is 14.2 Å². The third-order valence-corrected chi connectivity index (χ3v) is 9.13. The Morgan fingerprint density at radius 2 is 1.57 bits per heavy atom. The molecule has 15 heteroatoms. The van der Waals surface area contributed by atoms with Crippen molar-refractivity contribution in [2.45, 2.75) is 49.7 Å². The summed E-state index contributed by atoms with van der Waals surface area (Å²) in [4.78, 5) is 28.5. The van der Waals surface area contributed by atoms with Crippen LogP contribution in [0.5, 0.6) is 17.8 Å². The quantitative estimate of drug-likeness (QED) is 0.287. The summed E-state index contributed by atoms with van der Waals surface area (Å²) in [5.74, 6) is -0.161. The molecule has 0 unspecified atom stereocenters. The molecule has 1 amide bonds. The smallest absolute Gasteiger partial charge is 0.422 e. The zero-order chi connectivity index (χ0) is 33.0. The number of amides is 1. The van der Waals surface area contributed by atoms with Crippen molar-refractivity contribution in [2.24, 2.45) is 0 Å². The van der Waals surface area contributed by atoms with Crippen LogP contribution in [0.2, 0.25) is 0 Å². The standard InChI is InChI=1S/C34H40F3N5O5.2ClH/c1-44-30-26(31(39-33(38-30)45-2)47-22-34(35,36)37)20-40-18-25-19-41(32(43)28-14-9-17-46-28)15-16-42(25)27(21-40)29(23-10-5-3-6-11-23)24-12-7-4-8-13-24;;/h3-8,10-13,25,27-29H,9,14-22H2,1-2H3;2*1H/t25-,27+,28-;;/m1../s1.